The summed E-state index contributed by atoms with van der Waals surface area (Å²) in [5.74, 6) is 0.346. The van der Waals surface area contributed by atoms with Crippen molar-refractivity contribution in [2.75, 3.05) is 6.54 Å². The molecule has 2 aromatic carbocycles. The Labute approximate surface area is 126 Å². The van der Waals surface area contributed by atoms with Gasteiger partial charge in [0, 0.05) is 18.9 Å². The van der Waals surface area contributed by atoms with Crippen LogP contribution in [0, 0.1) is 0 Å². The highest BCUT2D eigenvalue weighted by Gasteiger charge is 2.29. The second-order valence-electron chi connectivity index (χ2n) is 5.63. The summed E-state index contributed by atoms with van der Waals surface area (Å²) in [6.45, 7) is 2.92. The van der Waals surface area contributed by atoms with E-state index in [1.165, 1.54) is 22.3 Å². The number of unbranched alkanes of at least 4 members (excludes halogenated alkanes) is 1. The summed E-state index contributed by atoms with van der Waals surface area (Å²) in [5.41, 5.74) is 5.12. The molecule has 1 N–H and O–H groups in total. The van der Waals surface area contributed by atoms with E-state index >= 15 is 0 Å². The third-order valence-electron chi connectivity index (χ3n) is 4.20. The number of hydrogen-bond acceptors (Lipinski definition) is 1. The molecule has 1 aliphatic rings. The Morgan fingerprint density at radius 2 is 1.57 bits per heavy atom. The number of hydrogen-bond donors (Lipinski definition) is 1. The quantitative estimate of drug-likeness (QED) is 0.820. The van der Waals surface area contributed by atoms with Crippen LogP contribution in [0.5, 0.6) is 0 Å². The van der Waals surface area contributed by atoms with Gasteiger partial charge in [-0.3, -0.25) is 4.79 Å². The van der Waals surface area contributed by atoms with Crippen LogP contribution in [0.1, 0.15) is 43.2 Å². The molecule has 0 heterocycles. The Morgan fingerprint density at radius 1 is 1.00 bits per heavy atom. The van der Waals surface area contributed by atoms with E-state index in [4.69, 9.17) is 0 Å². The van der Waals surface area contributed by atoms with Crippen molar-refractivity contribution in [1.82, 2.24) is 5.32 Å². The van der Waals surface area contributed by atoms with Crippen LogP contribution in [0.25, 0.3) is 11.1 Å². The van der Waals surface area contributed by atoms with Crippen LogP contribution in [-0.4, -0.2) is 12.5 Å². The first-order chi connectivity index (χ1) is 10.3. The van der Waals surface area contributed by atoms with Crippen molar-refractivity contribution < 1.29 is 4.79 Å². The average Bonchev–Trinajstić information content (AvgIpc) is 2.83. The van der Waals surface area contributed by atoms with E-state index in [0.29, 0.717) is 6.42 Å². The fraction of sp³-hybridized carbons (Fsp3) is 0.316. The smallest absolute Gasteiger partial charge is 0.220 e. The van der Waals surface area contributed by atoms with Crippen molar-refractivity contribution in [3.8, 4) is 11.1 Å². The lowest BCUT2D eigenvalue weighted by atomic mass is 9.93. The van der Waals surface area contributed by atoms with Crippen LogP contribution in [0.3, 0.4) is 0 Å². The van der Waals surface area contributed by atoms with Gasteiger partial charge in [-0.05, 0) is 28.7 Å². The highest BCUT2D eigenvalue weighted by atomic mass is 16.1. The minimum atomic E-state index is 0.153. The van der Waals surface area contributed by atoms with Gasteiger partial charge in [0.2, 0.25) is 5.91 Å². The SMILES string of the molecule is CCCCNC(=O)CC1c2ccccc2-c2ccccc21. The molecular weight excluding hydrogens is 258 g/mol. The fourth-order valence-corrected chi connectivity index (χ4v) is 3.14. The van der Waals surface area contributed by atoms with E-state index in [1.807, 2.05) is 0 Å². The number of benzene rings is 2. The Balaban J connectivity index is 1.84. The number of rotatable bonds is 5. The van der Waals surface area contributed by atoms with Gasteiger partial charge in [-0.2, -0.15) is 0 Å². The molecule has 0 aromatic heterocycles. The van der Waals surface area contributed by atoms with Gasteiger partial charge < -0.3 is 5.32 Å². The monoisotopic (exact) mass is 279 g/mol. The largest absolute Gasteiger partial charge is 0.356 e. The molecule has 1 amide bonds. The third-order valence-corrected chi connectivity index (χ3v) is 4.20. The molecule has 0 saturated heterocycles. The highest BCUT2D eigenvalue weighted by molar-refractivity contribution is 5.84. The van der Waals surface area contributed by atoms with Crippen molar-refractivity contribution in [2.45, 2.75) is 32.1 Å². The number of carbonyl (C=O) groups excluding carboxylic acids is 1. The molecule has 2 heteroatoms. The summed E-state index contributed by atoms with van der Waals surface area (Å²) in [4.78, 5) is 12.2. The minimum Gasteiger partial charge on any atom is -0.356 e. The Morgan fingerprint density at radius 3 is 2.14 bits per heavy atom. The predicted octanol–water partition coefficient (Wildman–Crippen LogP) is 4.11. The predicted molar refractivity (Wildman–Crippen MR) is 86.3 cm³/mol. The van der Waals surface area contributed by atoms with Crippen molar-refractivity contribution in [1.29, 1.82) is 0 Å². The van der Waals surface area contributed by atoms with Gasteiger partial charge in [0.15, 0.2) is 0 Å². The van der Waals surface area contributed by atoms with Crippen molar-refractivity contribution in [3.05, 3.63) is 59.7 Å². The van der Waals surface area contributed by atoms with Crippen molar-refractivity contribution >= 4 is 5.91 Å². The summed E-state index contributed by atoms with van der Waals surface area (Å²) in [6.07, 6.45) is 2.69. The first-order valence-electron chi connectivity index (χ1n) is 7.76. The Kier molecular flexibility index (Phi) is 4.05. The molecule has 2 aromatic rings. The molecule has 108 valence electrons. The van der Waals surface area contributed by atoms with E-state index in [-0.39, 0.29) is 11.8 Å². The zero-order valence-electron chi connectivity index (χ0n) is 12.4. The number of fused-ring (bicyclic) bond motifs is 3. The van der Waals surface area contributed by atoms with Crippen LogP contribution < -0.4 is 5.32 Å². The van der Waals surface area contributed by atoms with Crippen molar-refractivity contribution in [3.63, 3.8) is 0 Å². The van der Waals surface area contributed by atoms with Crippen LogP contribution in [0.4, 0.5) is 0 Å². The van der Waals surface area contributed by atoms with Crippen LogP contribution in [0.2, 0.25) is 0 Å². The van der Waals surface area contributed by atoms with E-state index in [1.54, 1.807) is 0 Å². The van der Waals surface area contributed by atoms with Gasteiger partial charge in [-0.1, -0.05) is 61.9 Å². The zero-order chi connectivity index (χ0) is 14.7. The third kappa shape index (κ3) is 2.71. The van der Waals surface area contributed by atoms with Crippen molar-refractivity contribution in [2.24, 2.45) is 0 Å². The molecule has 0 unspecified atom stereocenters. The van der Waals surface area contributed by atoms with Gasteiger partial charge in [-0.15, -0.1) is 0 Å². The zero-order valence-corrected chi connectivity index (χ0v) is 12.4. The summed E-state index contributed by atoms with van der Waals surface area (Å²) < 4.78 is 0. The molecule has 2 nitrogen and oxygen atoms in total. The highest BCUT2D eigenvalue weighted by Crippen LogP contribution is 2.45. The van der Waals surface area contributed by atoms with E-state index in [0.717, 1.165) is 19.4 Å². The van der Waals surface area contributed by atoms with Gasteiger partial charge in [0.05, 0.1) is 0 Å². The lowest BCUT2D eigenvalue weighted by Crippen LogP contribution is -2.25. The van der Waals surface area contributed by atoms with Crippen LogP contribution in [-0.2, 0) is 4.79 Å². The maximum absolute atomic E-state index is 12.2. The average molecular weight is 279 g/mol. The molecule has 21 heavy (non-hydrogen) atoms. The summed E-state index contributed by atoms with van der Waals surface area (Å²) in [7, 11) is 0. The summed E-state index contributed by atoms with van der Waals surface area (Å²) in [5, 5.41) is 3.03. The fourth-order valence-electron chi connectivity index (χ4n) is 3.14. The molecule has 0 spiro atoms. The first-order valence-corrected chi connectivity index (χ1v) is 7.76. The lowest BCUT2D eigenvalue weighted by Gasteiger charge is -2.13. The molecule has 0 radical (unpaired) electrons. The second-order valence-corrected chi connectivity index (χ2v) is 5.63. The van der Waals surface area contributed by atoms with E-state index in [2.05, 4.69) is 60.8 Å². The van der Waals surface area contributed by atoms with E-state index in [9.17, 15) is 4.79 Å². The van der Waals surface area contributed by atoms with E-state index < -0.39 is 0 Å². The van der Waals surface area contributed by atoms with Gasteiger partial charge in [0.25, 0.3) is 0 Å². The maximum atomic E-state index is 12.2. The topological polar surface area (TPSA) is 29.1 Å². The first kappa shape index (κ1) is 13.9. The Hall–Kier alpha value is -2.09. The molecular formula is C19H21NO. The van der Waals surface area contributed by atoms with Gasteiger partial charge >= 0.3 is 0 Å². The van der Waals surface area contributed by atoms with Crippen LogP contribution >= 0.6 is 0 Å². The summed E-state index contributed by atoms with van der Waals surface area (Å²) >= 11 is 0. The number of carbonyl (C=O) groups is 1. The standard InChI is InChI=1S/C19H21NO/c1-2-3-12-20-19(21)13-18-16-10-6-4-8-14(16)15-9-5-7-11-17(15)18/h4-11,18H,2-3,12-13H2,1H3,(H,20,21). The van der Waals surface area contributed by atoms with Crippen LogP contribution in [0.15, 0.2) is 48.5 Å². The molecule has 1 aliphatic carbocycles. The normalized spacial score (nSPS) is 12.8. The summed E-state index contributed by atoms with van der Waals surface area (Å²) in [6, 6.07) is 16.9. The van der Waals surface area contributed by atoms with Gasteiger partial charge in [-0.25, -0.2) is 0 Å². The molecule has 0 atom stereocenters. The molecule has 0 aliphatic heterocycles. The van der Waals surface area contributed by atoms with Gasteiger partial charge in [0.1, 0.15) is 0 Å². The number of nitrogens with one attached hydrogen (secondary N) is 1. The number of amides is 1. The molecule has 0 bridgehead atoms. The molecule has 0 fully saturated rings. The molecule has 3 rings (SSSR count). The minimum absolute atomic E-state index is 0.153. The lowest BCUT2D eigenvalue weighted by molar-refractivity contribution is -0.121. The maximum Gasteiger partial charge on any atom is 0.220 e. The Bertz CT molecular complexity index is 602. The molecule has 0 saturated carbocycles. The second kappa shape index (κ2) is 6.13.